The van der Waals surface area contributed by atoms with Crippen LogP contribution in [0, 0.1) is 0 Å². The van der Waals surface area contributed by atoms with Crippen molar-refractivity contribution in [1.29, 1.82) is 0 Å². The molecule has 1 aromatic carbocycles. The summed E-state index contributed by atoms with van der Waals surface area (Å²) in [5, 5.41) is 3.43. The van der Waals surface area contributed by atoms with E-state index < -0.39 is 0 Å². The molecule has 0 aliphatic heterocycles. The molecule has 1 aromatic rings. The van der Waals surface area contributed by atoms with Crippen molar-refractivity contribution in [1.82, 2.24) is 0 Å². The largest absolute Gasteiger partial charge is 0.494 e. The second-order valence-electron chi connectivity index (χ2n) is 3.06. The van der Waals surface area contributed by atoms with Crippen LogP contribution in [0.1, 0.15) is 13.3 Å². The highest BCUT2D eigenvalue weighted by Crippen LogP contribution is 2.19. The van der Waals surface area contributed by atoms with Crippen LogP contribution >= 0.6 is 0 Å². The Kier molecular flexibility index (Phi) is 5.66. The fourth-order valence-corrected chi connectivity index (χ4v) is 1.19. The molecule has 0 aliphatic rings. The van der Waals surface area contributed by atoms with E-state index >= 15 is 0 Å². The van der Waals surface area contributed by atoms with E-state index in [1.54, 1.807) is 0 Å². The molecule has 0 atom stereocenters. The molecule has 5 nitrogen and oxygen atoms in total. The lowest BCUT2D eigenvalue weighted by atomic mass is 10.3. The molecule has 0 bridgehead atoms. The summed E-state index contributed by atoms with van der Waals surface area (Å²) in [5.74, 6) is 1.57. The number of azide groups is 1. The number of benzene rings is 1. The van der Waals surface area contributed by atoms with Crippen LogP contribution in [0.15, 0.2) is 29.4 Å². The van der Waals surface area contributed by atoms with Crippen LogP contribution in [-0.4, -0.2) is 19.8 Å². The topological polar surface area (TPSA) is 67.2 Å². The highest BCUT2D eigenvalue weighted by molar-refractivity contribution is 5.32. The van der Waals surface area contributed by atoms with Crippen molar-refractivity contribution in [2.24, 2.45) is 5.11 Å². The molecule has 5 heteroatoms. The molecule has 0 fully saturated rings. The van der Waals surface area contributed by atoms with Crippen molar-refractivity contribution in [3.05, 3.63) is 34.7 Å². The van der Waals surface area contributed by atoms with E-state index in [-0.39, 0.29) is 0 Å². The Bertz CT molecular complexity index is 362. The second kappa shape index (κ2) is 7.43. The normalized spacial score (nSPS) is 9.31. The lowest BCUT2D eigenvalue weighted by molar-refractivity contribution is 0.306. The Labute approximate surface area is 94.6 Å². The quantitative estimate of drug-likeness (QED) is 0.307. The molecule has 1 rings (SSSR count). The van der Waals surface area contributed by atoms with Gasteiger partial charge in [0.2, 0.25) is 0 Å². The van der Waals surface area contributed by atoms with Gasteiger partial charge in [-0.1, -0.05) is 11.2 Å². The molecule has 0 aliphatic carbocycles. The van der Waals surface area contributed by atoms with Crippen LogP contribution in [-0.2, 0) is 0 Å². The van der Waals surface area contributed by atoms with E-state index in [0.29, 0.717) is 26.2 Å². The minimum atomic E-state index is 0.460. The predicted molar refractivity (Wildman–Crippen MR) is 61.7 cm³/mol. The van der Waals surface area contributed by atoms with Gasteiger partial charge in [-0.3, -0.25) is 0 Å². The molecule has 0 unspecified atom stereocenters. The zero-order valence-corrected chi connectivity index (χ0v) is 9.30. The molecule has 16 heavy (non-hydrogen) atoms. The predicted octanol–water partition coefficient (Wildman–Crippen LogP) is 3.16. The van der Waals surface area contributed by atoms with Gasteiger partial charge in [0.1, 0.15) is 11.5 Å². The minimum Gasteiger partial charge on any atom is -0.494 e. The molecule has 0 heterocycles. The molecule has 0 saturated heterocycles. The Morgan fingerprint density at radius 1 is 1.31 bits per heavy atom. The third kappa shape index (κ3) is 4.57. The van der Waals surface area contributed by atoms with Gasteiger partial charge in [0.15, 0.2) is 0 Å². The van der Waals surface area contributed by atoms with Crippen LogP contribution in [0.2, 0.25) is 0 Å². The highest BCUT2D eigenvalue weighted by atomic mass is 16.5. The zero-order chi connectivity index (χ0) is 11.6. The van der Waals surface area contributed by atoms with Gasteiger partial charge >= 0.3 is 0 Å². The van der Waals surface area contributed by atoms with Gasteiger partial charge in [-0.15, -0.1) is 0 Å². The van der Waals surface area contributed by atoms with Crippen LogP contribution in [0.4, 0.5) is 0 Å². The van der Waals surface area contributed by atoms with Crippen LogP contribution < -0.4 is 9.47 Å². The van der Waals surface area contributed by atoms with E-state index in [1.165, 1.54) is 0 Å². The van der Waals surface area contributed by atoms with Gasteiger partial charge in [-0.2, -0.15) is 0 Å². The standard InChI is InChI=1S/C11H15N3O2/c1-2-15-10-5-3-6-11(9-10)16-8-4-7-13-14-12/h3,5-6,9H,2,4,7-8H2,1H3. The van der Waals surface area contributed by atoms with Crippen molar-refractivity contribution in [3.8, 4) is 11.5 Å². The summed E-state index contributed by atoms with van der Waals surface area (Å²) in [6.07, 6.45) is 0.711. The monoisotopic (exact) mass is 221 g/mol. The first-order valence-corrected chi connectivity index (χ1v) is 5.23. The van der Waals surface area contributed by atoms with Crippen molar-refractivity contribution in [3.63, 3.8) is 0 Å². The Morgan fingerprint density at radius 3 is 2.75 bits per heavy atom. The average molecular weight is 221 g/mol. The van der Waals surface area contributed by atoms with Gasteiger partial charge in [0, 0.05) is 17.5 Å². The first-order valence-electron chi connectivity index (χ1n) is 5.23. The van der Waals surface area contributed by atoms with Crippen molar-refractivity contribution in [2.45, 2.75) is 13.3 Å². The summed E-state index contributed by atoms with van der Waals surface area (Å²) in [7, 11) is 0. The number of hydrogen-bond acceptors (Lipinski definition) is 3. The Hall–Kier alpha value is -1.87. The van der Waals surface area contributed by atoms with E-state index in [2.05, 4.69) is 10.0 Å². The van der Waals surface area contributed by atoms with E-state index in [1.807, 2.05) is 31.2 Å². The third-order valence-electron chi connectivity index (χ3n) is 1.85. The molecular weight excluding hydrogens is 206 g/mol. The summed E-state index contributed by atoms with van der Waals surface area (Å²) in [4.78, 5) is 2.67. The van der Waals surface area contributed by atoms with Crippen molar-refractivity contribution in [2.75, 3.05) is 19.8 Å². The first-order chi connectivity index (χ1) is 7.86. The lowest BCUT2D eigenvalue weighted by Gasteiger charge is -2.07. The van der Waals surface area contributed by atoms with E-state index in [9.17, 15) is 0 Å². The van der Waals surface area contributed by atoms with Gasteiger partial charge in [0.25, 0.3) is 0 Å². The molecule has 86 valence electrons. The zero-order valence-electron chi connectivity index (χ0n) is 9.30. The molecule has 0 saturated carbocycles. The van der Waals surface area contributed by atoms with E-state index in [4.69, 9.17) is 15.0 Å². The Balaban J connectivity index is 2.35. The maximum Gasteiger partial charge on any atom is 0.122 e. The van der Waals surface area contributed by atoms with Crippen LogP contribution in [0.3, 0.4) is 0 Å². The summed E-state index contributed by atoms with van der Waals surface area (Å²) in [6, 6.07) is 7.48. The third-order valence-corrected chi connectivity index (χ3v) is 1.85. The maximum absolute atomic E-state index is 8.08. The maximum atomic E-state index is 8.08. The SMILES string of the molecule is CCOc1cccc(OCCCN=[N+]=[N-])c1. The number of hydrogen-bond donors (Lipinski definition) is 0. The molecule has 0 N–H and O–H groups in total. The summed E-state index contributed by atoms with van der Waals surface area (Å²) in [6.45, 7) is 3.57. The van der Waals surface area contributed by atoms with Gasteiger partial charge in [-0.25, -0.2) is 0 Å². The number of nitrogens with zero attached hydrogens (tertiary/aromatic N) is 3. The number of ether oxygens (including phenoxy) is 2. The minimum absolute atomic E-state index is 0.460. The van der Waals surface area contributed by atoms with Crippen molar-refractivity contribution < 1.29 is 9.47 Å². The van der Waals surface area contributed by atoms with Gasteiger partial charge in [0.05, 0.1) is 13.2 Å². The van der Waals surface area contributed by atoms with Crippen LogP contribution in [0.25, 0.3) is 10.4 Å². The van der Waals surface area contributed by atoms with Crippen LogP contribution in [0.5, 0.6) is 11.5 Å². The lowest BCUT2D eigenvalue weighted by Crippen LogP contribution is -1.99. The first kappa shape index (κ1) is 12.2. The summed E-state index contributed by atoms with van der Waals surface area (Å²) >= 11 is 0. The van der Waals surface area contributed by atoms with Crippen molar-refractivity contribution >= 4 is 0 Å². The Morgan fingerprint density at radius 2 is 2.06 bits per heavy atom. The second-order valence-corrected chi connectivity index (χ2v) is 3.06. The fourth-order valence-electron chi connectivity index (χ4n) is 1.19. The van der Waals surface area contributed by atoms with Gasteiger partial charge in [-0.05, 0) is 31.0 Å². The number of rotatable bonds is 7. The smallest absolute Gasteiger partial charge is 0.122 e. The fraction of sp³-hybridized carbons (Fsp3) is 0.455. The van der Waals surface area contributed by atoms with Gasteiger partial charge < -0.3 is 9.47 Å². The average Bonchev–Trinajstić information content (AvgIpc) is 2.30. The summed E-state index contributed by atoms with van der Waals surface area (Å²) in [5.41, 5.74) is 8.08. The van der Waals surface area contributed by atoms with E-state index in [0.717, 1.165) is 11.5 Å². The molecule has 0 aromatic heterocycles. The molecule has 0 spiro atoms. The summed E-state index contributed by atoms with van der Waals surface area (Å²) < 4.78 is 10.8. The highest BCUT2D eigenvalue weighted by Gasteiger charge is 1.96. The molecular formula is C11H15N3O2. The molecule has 0 amide bonds. The molecule has 0 radical (unpaired) electrons.